The molecule has 0 fully saturated rings. The Labute approximate surface area is 181 Å². The highest BCUT2D eigenvalue weighted by Crippen LogP contribution is 2.30. The molecule has 1 aromatic heterocycles. The summed E-state index contributed by atoms with van der Waals surface area (Å²) in [5.74, 6) is -2.59. The van der Waals surface area contributed by atoms with Gasteiger partial charge in [0.25, 0.3) is 5.78 Å². The molecule has 0 spiro atoms. The summed E-state index contributed by atoms with van der Waals surface area (Å²) in [6.45, 7) is 2.93. The highest BCUT2D eigenvalue weighted by atomic mass is 19.4. The molecule has 166 valence electrons. The largest absolute Gasteiger partial charge is 0.416 e. The van der Waals surface area contributed by atoms with Crippen LogP contribution in [-0.2, 0) is 22.2 Å². The van der Waals surface area contributed by atoms with Crippen molar-refractivity contribution in [1.29, 1.82) is 0 Å². The van der Waals surface area contributed by atoms with E-state index in [1.165, 1.54) is 30.7 Å². The second-order valence-corrected chi connectivity index (χ2v) is 7.00. The maximum atomic E-state index is 13.0. The molecule has 0 aliphatic heterocycles. The third-order valence-corrected chi connectivity index (χ3v) is 4.67. The number of amides is 2. The zero-order valence-electron chi connectivity index (χ0n) is 17.2. The molecule has 3 aromatic rings. The van der Waals surface area contributed by atoms with Crippen molar-refractivity contribution in [3.05, 3.63) is 82.7 Å². The monoisotopic (exact) mass is 444 g/mol. The van der Waals surface area contributed by atoms with Crippen LogP contribution in [-0.4, -0.2) is 27.4 Å². The van der Waals surface area contributed by atoms with Crippen molar-refractivity contribution in [3.63, 3.8) is 0 Å². The summed E-state index contributed by atoms with van der Waals surface area (Å²) in [4.78, 5) is 36.9. The number of nitrogens with one attached hydrogen (secondary N) is 2. The maximum absolute atomic E-state index is 13.0. The smallest absolute Gasteiger partial charge is 0.283 e. The minimum atomic E-state index is -4.54. The van der Waals surface area contributed by atoms with Gasteiger partial charge in [0, 0.05) is 0 Å². The number of rotatable bonds is 5. The van der Waals surface area contributed by atoms with Gasteiger partial charge in [-0.25, -0.2) is 4.68 Å². The third kappa shape index (κ3) is 5.02. The van der Waals surface area contributed by atoms with Crippen LogP contribution in [0.25, 0.3) is 5.69 Å². The minimum absolute atomic E-state index is 0.000838. The number of benzene rings is 2. The first-order chi connectivity index (χ1) is 15.1. The van der Waals surface area contributed by atoms with E-state index in [0.717, 1.165) is 17.7 Å². The number of carbonyl (C=O) groups is 3. The van der Waals surface area contributed by atoms with Gasteiger partial charge in [0.05, 0.1) is 34.6 Å². The van der Waals surface area contributed by atoms with E-state index in [2.05, 4.69) is 16.0 Å². The van der Waals surface area contributed by atoms with E-state index in [1.807, 2.05) is 0 Å². The number of halogens is 3. The van der Waals surface area contributed by atoms with E-state index >= 15 is 0 Å². The van der Waals surface area contributed by atoms with Crippen molar-refractivity contribution < 1.29 is 27.6 Å². The van der Waals surface area contributed by atoms with Gasteiger partial charge in [-0.3, -0.25) is 25.2 Å². The fourth-order valence-corrected chi connectivity index (χ4v) is 3.16. The number of aromatic nitrogens is 2. The molecule has 0 aliphatic carbocycles. The standard InChI is InChI=1S/C22H19F3N4O3/c1-13-19(14(2)29(28-13)17-10-6-9-16(12-17)22(23,24)25)20(31)21(32)27-26-18(30)11-15-7-4-3-5-8-15/h3-10,12H,11H2,1-2H3,(H,26,30)(H,27,32). The maximum Gasteiger partial charge on any atom is 0.416 e. The van der Waals surface area contributed by atoms with E-state index in [9.17, 15) is 27.6 Å². The highest BCUT2D eigenvalue weighted by Gasteiger charge is 2.31. The molecule has 2 aromatic carbocycles. The lowest BCUT2D eigenvalue weighted by Crippen LogP contribution is -2.45. The zero-order chi connectivity index (χ0) is 23.5. The van der Waals surface area contributed by atoms with Gasteiger partial charge in [0.1, 0.15) is 0 Å². The Morgan fingerprint density at radius 3 is 2.31 bits per heavy atom. The molecule has 0 radical (unpaired) electrons. The predicted octanol–water partition coefficient (Wildman–Crippen LogP) is 3.08. The molecule has 1 heterocycles. The van der Waals surface area contributed by atoms with Gasteiger partial charge >= 0.3 is 12.1 Å². The molecule has 0 unspecified atom stereocenters. The second kappa shape index (κ2) is 9.04. The first-order valence-electron chi connectivity index (χ1n) is 9.49. The Morgan fingerprint density at radius 2 is 1.66 bits per heavy atom. The lowest BCUT2D eigenvalue weighted by molar-refractivity contribution is -0.137. The average Bonchev–Trinajstić information content (AvgIpc) is 3.05. The van der Waals surface area contributed by atoms with Crippen LogP contribution in [0.2, 0.25) is 0 Å². The van der Waals surface area contributed by atoms with Crippen LogP contribution in [0.15, 0.2) is 54.6 Å². The normalized spacial score (nSPS) is 11.2. The molecule has 2 N–H and O–H groups in total. The number of aryl methyl sites for hydroxylation is 1. The fourth-order valence-electron chi connectivity index (χ4n) is 3.16. The van der Waals surface area contributed by atoms with Gasteiger partial charge in [-0.05, 0) is 37.6 Å². The van der Waals surface area contributed by atoms with Crippen molar-refractivity contribution in [3.8, 4) is 5.69 Å². The molecule has 3 rings (SSSR count). The number of alkyl halides is 3. The summed E-state index contributed by atoms with van der Waals surface area (Å²) in [6, 6.07) is 13.3. The van der Waals surface area contributed by atoms with Gasteiger partial charge in [-0.15, -0.1) is 0 Å². The van der Waals surface area contributed by atoms with Gasteiger partial charge < -0.3 is 0 Å². The molecule has 2 amide bonds. The van der Waals surface area contributed by atoms with Gasteiger partial charge in [-0.1, -0.05) is 36.4 Å². The van der Waals surface area contributed by atoms with Gasteiger partial charge in [0.2, 0.25) is 5.91 Å². The third-order valence-electron chi connectivity index (χ3n) is 4.67. The van der Waals surface area contributed by atoms with Crippen LogP contribution < -0.4 is 10.9 Å². The van der Waals surface area contributed by atoms with E-state index in [4.69, 9.17) is 0 Å². The summed E-state index contributed by atoms with van der Waals surface area (Å²) in [5, 5.41) is 4.12. The lowest BCUT2D eigenvalue weighted by atomic mass is 10.1. The average molecular weight is 444 g/mol. The van der Waals surface area contributed by atoms with Crippen molar-refractivity contribution in [2.45, 2.75) is 26.4 Å². The van der Waals surface area contributed by atoms with E-state index in [1.54, 1.807) is 30.3 Å². The first kappa shape index (κ1) is 22.7. The van der Waals surface area contributed by atoms with Crippen molar-refractivity contribution in [1.82, 2.24) is 20.6 Å². The van der Waals surface area contributed by atoms with Crippen molar-refractivity contribution in [2.24, 2.45) is 0 Å². The number of nitrogens with zero attached hydrogens (tertiary/aromatic N) is 2. The molecule has 0 saturated heterocycles. The Bertz CT molecular complexity index is 1170. The van der Waals surface area contributed by atoms with Crippen LogP contribution in [0, 0.1) is 13.8 Å². The van der Waals surface area contributed by atoms with Crippen LogP contribution in [0.3, 0.4) is 0 Å². The summed E-state index contributed by atoms with van der Waals surface area (Å²) < 4.78 is 40.2. The minimum Gasteiger partial charge on any atom is -0.283 e. The number of hydrogen-bond acceptors (Lipinski definition) is 4. The van der Waals surface area contributed by atoms with Gasteiger partial charge in [-0.2, -0.15) is 18.3 Å². The Kier molecular flexibility index (Phi) is 6.42. The molecule has 0 aliphatic rings. The molecular weight excluding hydrogens is 425 g/mol. The highest BCUT2D eigenvalue weighted by molar-refractivity contribution is 6.43. The number of ketones is 1. The topological polar surface area (TPSA) is 93.1 Å². The van der Waals surface area contributed by atoms with Crippen molar-refractivity contribution in [2.75, 3.05) is 0 Å². The number of hydrogen-bond donors (Lipinski definition) is 2. The van der Waals surface area contributed by atoms with E-state index in [0.29, 0.717) is 0 Å². The molecule has 32 heavy (non-hydrogen) atoms. The Morgan fingerprint density at radius 1 is 0.969 bits per heavy atom. The van der Waals surface area contributed by atoms with Crippen LogP contribution in [0.5, 0.6) is 0 Å². The quantitative estimate of drug-likeness (QED) is 0.359. The van der Waals surface area contributed by atoms with E-state index in [-0.39, 0.29) is 29.1 Å². The lowest BCUT2D eigenvalue weighted by Gasteiger charge is -2.10. The van der Waals surface area contributed by atoms with Crippen LogP contribution >= 0.6 is 0 Å². The molecule has 7 nitrogen and oxygen atoms in total. The van der Waals surface area contributed by atoms with Crippen molar-refractivity contribution >= 4 is 17.6 Å². The Hall–Kier alpha value is -3.95. The fraction of sp³-hybridized carbons (Fsp3) is 0.182. The summed E-state index contributed by atoms with van der Waals surface area (Å²) in [5.41, 5.74) is 4.48. The second-order valence-electron chi connectivity index (χ2n) is 7.00. The molecule has 0 saturated carbocycles. The molecular formula is C22H19F3N4O3. The molecule has 0 atom stereocenters. The van der Waals surface area contributed by atoms with Gasteiger partial charge in [0.15, 0.2) is 0 Å². The molecule has 10 heteroatoms. The zero-order valence-corrected chi connectivity index (χ0v) is 17.2. The summed E-state index contributed by atoms with van der Waals surface area (Å²) >= 11 is 0. The number of hydrazine groups is 1. The predicted molar refractivity (Wildman–Crippen MR) is 109 cm³/mol. The summed E-state index contributed by atoms with van der Waals surface area (Å²) in [7, 11) is 0. The molecule has 0 bridgehead atoms. The SMILES string of the molecule is Cc1nn(-c2cccc(C(F)(F)F)c2)c(C)c1C(=O)C(=O)NNC(=O)Cc1ccccc1. The Balaban J connectivity index is 1.74. The van der Waals surface area contributed by atoms with Crippen LogP contribution in [0.4, 0.5) is 13.2 Å². The van der Waals surface area contributed by atoms with Crippen LogP contribution in [0.1, 0.15) is 32.9 Å². The number of carbonyl (C=O) groups excluding carboxylic acids is 3. The van der Waals surface area contributed by atoms with E-state index < -0.39 is 29.3 Å². The first-order valence-corrected chi connectivity index (χ1v) is 9.49. The number of Topliss-reactive ketones (excluding diaryl/α,β-unsaturated/α-hetero) is 1. The summed E-state index contributed by atoms with van der Waals surface area (Å²) in [6.07, 6.45) is -4.54.